The Hall–Kier alpha value is 2.88. The van der Waals surface area contributed by atoms with E-state index in [9.17, 15) is 0 Å². The van der Waals surface area contributed by atoms with Gasteiger partial charge in [0.1, 0.15) is 0 Å². The average molecular weight is 238 g/mol. The van der Waals surface area contributed by atoms with Crippen LogP contribution in [0.5, 0.6) is 0 Å². The number of hydrogen-bond donors (Lipinski definition) is 0. The smallest absolute Gasteiger partial charge is 0.791 e. The molecule has 2 nitrogen and oxygen atoms in total. The molecular weight excluding hydrogens is 238 g/mol. The Balaban J connectivity index is -0.00000000500. The van der Waals surface area contributed by atoms with Gasteiger partial charge < -0.3 is 8.40 Å². The van der Waals surface area contributed by atoms with Crippen molar-refractivity contribution in [2.45, 2.75) is 0 Å². The minimum absolute atomic E-state index is 0. The summed E-state index contributed by atoms with van der Waals surface area (Å²) in [4.78, 5) is 0. The molecule has 0 fully saturated rings. The van der Waals surface area contributed by atoms with Crippen LogP contribution in [-0.4, -0.2) is 0 Å². The third-order valence-corrected chi connectivity index (χ3v) is 0. The molecule has 0 aromatic heterocycles. The van der Waals surface area contributed by atoms with Crippen molar-refractivity contribution >= 4 is 32.5 Å². The Morgan fingerprint density at radius 2 is 0.667 bits per heavy atom. The largest absolute Gasteiger partial charge is 1.00 e. The molecule has 0 aliphatic rings. The molecule has 0 aliphatic heterocycles. The van der Waals surface area contributed by atoms with E-state index in [-0.39, 0.29) is 59.1 Å². The van der Waals surface area contributed by atoms with E-state index in [0.29, 0.717) is 0 Å². The third kappa shape index (κ3) is 28.7. The quantitative estimate of drug-likeness (QED) is 0.394. The molecule has 0 atom stereocenters. The summed E-state index contributed by atoms with van der Waals surface area (Å²) in [5.74, 6) is 0. The van der Waals surface area contributed by atoms with E-state index < -0.39 is 0 Å². The number of rotatable bonds is 0. The van der Waals surface area contributed by atoms with E-state index >= 15 is 0 Å². The number of hydrogen-bond acceptors (Lipinski definition) is 2. The molecular formula is Br2Na2O2. The molecule has 0 bridgehead atoms. The van der Waals surface area contributed by atoms with Gasteiger partial charge in [0.05, 0.1) is 0 Å². The molecule has 0 radical (unpaired) electrons. The van der Waals surface area contributed by atoms with Crippen LogP contribution in [0.3, 0.4) is 0 Å². The Labute approximate surface area is 98.2 Å². The van der Waals surface area contributed by atoms with E-state index in [1.807, 2.05) is 0 Å². The van der Waals surface area contributed by atoms with Crippen LogP contribution in [0.1, 0.15) is 0 Å². The average Bonchev–Trinajstić information content (AvgIpc) is 1.50. The van der Waals surface area contributed by atoms with Crippen LogP contribution < -0.4 is 67.5 Å². The normalized spacial score (nSPS) is 2.00. The molecule has 0 amide bonds. The summed E-state index contributed by atoms with van der Waals surface area (Å²) in [6.07, 6.45) is 0. The zero-order valence-corrected chi connectivity index (χ0v) is 10.7. The van der Waals surface area contributed by atoms with Crippen LogP contribution in [0.25, 0.3) is 0 Å². The predicted octanol–water partition coefficient (Wildman–Crippen LogP) is -6.68. The molecule has 0 saturated carbocycles. The molecule has 0 saturated heterocycles. The van der Waals surface area contributed by atoms with Crippen LogP contribution in [0, 0.1) is 0 Å². The second-order valence-electron chi connectivity index (χ2n) is 0. The van der Waals surface area contributed by atoms with Crippen molar-refractivity contribution in [2.24, 2.45) is 0 Å². The molecule has 0 aromatic carbocycles. The molecule has 0 rings (SSSR count). The maximum Gasteiger partial charge on any atom is 1.00 e. The summed E-state index contributed by atoms with van der Waals surface area (Å²) < 4.78 is 16.1. The van der Waals surface area contributed by atoms with Crippen molar-refractivity contribution in [3.05, 3.63) is 0 Å². The van der Waals surface area contributed by atoms with Gasteiger partial charge >= 0.3 is 59.1 Å². The van der Waals surface area contributed by atoms with Gasteiger partial charge in [-0.2, -0.15) is 0 Å². The fourth-order valence-electron chi connectivity index (χ4n) is 0. The fraction of sp³-hybridized carbons (Fsp3) is 0. The Kier molecular flexibility index (Phi) is 174. The van der Waals surface area contributed by atoms with E-state index in [0.717, 1.165) is 0 Å². The van der Waals surface area contributed by atoms with Crippen molar-refractivity contribution in [2.75, 3.05) is 0 Å². The van der Waals surface area contributed by atoms with Crippen LogP contribution in [0.4, 0.5) is 0 Å². The summed E-state index contributed by atoms with van der Waals surface area (Å²) in [5.41, 5.74) is 0. The van der Waals surface area contributed by atoms with Gasteiger partial charge in [0, 0.05) is 0 Å². The zero-order chi connectivity index (χ0) is 4.00. The van der Waals surface area contributed by atoms with Gasteiger partial charge in [0.25, 0.3) is 0 Å². The minimum Gasteiger partial charge on any atom is -0.791 e. The van der Waals surface area contributed by atoms with Gasteiger partial charge in [-0.25, -0.2) is 32.5 Å². The maximum absolute atomic E-state index is 8.06. The van der Waals surface area contributed by atoms with Crippen LogP contribution in [0.15, 0.2) is 0 Å². The second kappa shape index (κ2) is 45.0. The van der Waals surface area contributed by atoms with Crippen molar-refractivity contribution in [3.8, 4) is 0 Å². The SMILES string of the molecule is [Na+].[Na+].[O-]Br.[O-]Br. The molecule has 0 heterocycles. The van der Waals surface area contributed by atoms with Crippen molar-refractivity contribution in [3.63, 3.8) is 0 Å². The van der Waals surface area contributed by atoms with Gasteiger partial charge in [0.15, 0.2) is 0 Å². The van der Waals surface area contributed by atoms with Gasteiger partial charge in [0.2, 0.25) is 0 Å². The summed E-state index contributed by atoms with van der Waals surface area (Å²) in [7, 11) is 0. The van der Waals surface area contributed by atoms with Crippen LogP contribution >= 0.6 is 32.5 Å². The second-order valence-corrected chi connectivity index (χ2v) is 0. The predicted molar refractivity (Wildman–Crippen MR) is 17.9 cm³/mol. The summed E-state index contributed by atoms with van der Waals surface area (Å²) in [6.45, 7) is 0. The molecule has 0 unspecified atom stereocenters. The third-order valence-electron chi connectivity index (χ3n) is 0. The topological polar surface area (TPSA) is 46.1 Å². The van der Waals surface area contributed by atoms with Crippen molar-refractivity contribution in [1.82, 2.24) is 0 Å². The van der Waals surface area contributed by atoms with Crippen molar-refractivity contribution < 1.29 is 67.5 Å². The van der Waals surface area contributed by atoms with E-state index in [1.165, 1.54) is 0 Å². The first-order chi connectivity index (χ1) is 2.00. The van der Waals surface area contributed by atoms with E-state index in [4.69, 9.17) is 8.40 Å². The monoisotopic (exact) mass is 236 g/mol. The Bertz CT molecular complexity index is 9.51. The minimum atomic E-state index is 0. The Morgan fingerprint density at radius 1 is 0.667 bits per heavy atom. The standard InChI is InChI=1S/2BrO.2Na/c2*1-2;;/q2*-1;2*+1. The molecule has 0 N–H and O–H groups in total. The van der Waals surface area contributed by atoms with Crippen molar-refractivity contribution in [1.29, 1.82) is 0 Å². The van der Waals surface area contributed by atoms with Gasteiger partial charge in [-0.15, -0.1) is 0 Å². The molecule has 0 aliphatic carbocycles. The molecule has 6 heavy (non-hydrogen) atoms. The van der Waals surface area contributed by atoms with E-state index in [1.54, 1.807) is 32.5 Å². The molecule has 0 spiro atoms. The summed E-state index contributed by atoms with van der Waals surface area (Å²) in [6, 6.07) is 0. The summed E-state index contributed by atoms with van der Waals surface area (Å²) in [5, 5.41) is 0. The molecule has 28 valence electrons. The maximum atomic E-state index is 8.06. The van der Waals surface area contributed by atoms with Crippen LogP contribution in [0.2, 0.25) is 0 Å². The van der Waals surface area contributed by atoms with Gasteiger partial charge in [-0.3, -0.25) is 0 Å². The first-order valence-corrected chi connectivity index (χ1v) is 1.60. The van der Waals surface area contributed by atoms with E-state index in [2.05, 4.69) is 0 Å². The number of halogens is 2. The zero-order valence-electron chi connectivity index (χ0n) is 3.57. The van der Waals surface area contributed by atoms with Crippen LogP contribution in [-0.2, 0) is 0 Å². The van der Waals surface area contributed by atoms with Gasteiger partial charge in [-0.1, -0.05) is 0 Å². The summed E-state index contributed by atoms with van der Waals surface area (Å²) >= 11 is 3.38. The molecule has 6 heteroatoms. The van der Waals surface area contributed by atoms with Gasteiger partial charge in [-0.05, 0) is 0 Å². The fourth-order valence-corrected chi connectivity index (χ4v) is 0. The molecule has 0 aromatic rings. The Morgan fingerprint density at radius 3 is 0.667 bits per heavy atom. The first kappa shape index (κ1) is 23.2. The first-order valence-electron chi connectivity index (χ1n) is 0.309.